The number of rotatable bonds is 4. The van der Waals surface area contributed by atoms with Crippen molar-refractivity contribution >= 4 is 33.3 Å². The van der Waals surface area contributed by atoms with Gasteiger partial charge in [-0.15, -0.1) is 0 Å². The summed E-state index contributed by atoms with van der Waals surface area (Å²) < 4.78 is 5.30. The minimum Gasteiger partial charge on any atom is -0.495 e. The Morgan fingerprint density at radius 2 is 1.87 bits per heavy atom. The molecule has 6 rings (SSSR count). The van der Waals surface area contributed by atoms with Crippen LogP contribution in [-0.4, -0.2) is 37.2 Å². The fourth-order valence-corrected chi connectivity index (χ4v) is 4.40. The number of H-pyrrole nitrogens is 2. The van der Waals surface area contributed by atoms with Crippen molar-refractivity contribution in [2.45, 2.75) is 0 Å². The standard InChI is InChI=1S/C23H16N6OS/c1-30-15-6-14(8-24-9-15)18-2-3-19-22(27-18)23(29-28-19)20-7-16-17(13-4-5-31-12-13)10-25-11-21(16)26-20/h2-12,26H,1H3,(H,28,29). The molecule has 0 aromatic carbocycles. The number of nitrogens with one attached hydrogen (secondary N) is 2. The Morgan fingerprint density at radius 3 is 2.74 bits per heavy atom. The molecule has 0 spiro atoms. The molecule has 0 radical (unpaired) electrons. The number of thiophene rings is 1. The van der Waals surface area contributed by atoms with Crippen LogP contribution in [0.15, 0.2) is 65.9 Å². The number of hydrogen-bond donors (Lipinski definition) is 2. The summed E-state index contributed by atoms with van der Waals surface area (Å²) in [7, 11) is 1.63. The fraction of sp³-hybridized carbons (Fsp3) is 0.0435. The normalized spacial score (nSPS) is 11.4. The first kappa shape index (κ1) is 17.8. The number of pyridine rings is 3. The second-order valence-corrected chi connectivity index (χ2v) is 7.90. The van der Waals surface area contributed by atoms with Crippen molar-refractivity contribution < 1.29 is 4.74 Å². The first-order valence-electron chi connectivity index (χ1n) is 9.64. The SMILES string of the molecule is COc1cncc(-c2ccc3[nH]nc(-c4cc5c(-c6ccsc6)cncc5[nH]4)c3n2)c1. The third-order valence-corrected chi connectivity index (χ3v) is 5.97. The van der Waals surface area contributed by atoms with Gasteiger partial charge in [0, 0.05) is 28.9 Å². The van der Waals surface area contributed by atoms with Crippen molar-refractivity contribution in [3.8, 4) is 39.5 Å². The van der Waals surface area contributed by atoms with Crippen molar-refractivity contribution in [1.82, 2.24) is 30.1 Å². The summed E-state index contributed by atoms with van der Waals surface area (Å²) in [6.07, 6.45) is 7.19. The van der Waals surface area contributed by atoms with Crippen LogP contribution in [-0.2, 0) is 0 Å². The Labute approximate surface area is 180 Å². The van der Waals surface area contributed by atoms with E-state index in [9.17, 15) is 0 Å². The molecule has 150 valence electrons. The predicted octanol–water partition coefficient (Wildman–Crippen LogP) is 5.30. The van der Waals surface area contributed by atoms with Crippen LogP contribution in [0.4, 0.5) is 0 Å². The fourth-order valence-electron chi connectivity index (χ4n) is 3.74. The number of ether oxygens (including phenoxy) is 1. The van der Waals surface area contributed by atoms with Gasteiger partial charge in [-0.05, 0) is 46.7 Å². The molecule has 0 saturated carbocycles. The van der Waals surface area contributed by atoms with Crippen LogP contribution in [0, 0.1) is 0 Å². The van der Waals surface area contributed by atoms with E-state index < -0.39 is 0 Å². The molecular weight excluding hydrogens is 408 g/mol. The monoisotopic (exact) mass is 424 g/mol. The van der Waals surface area contributed by atoms with Crippen molar-refractivity contribution in [2.24, 2.45) is 0 Å². The maximum atomic E-state index is 5.30. The molecule has 0 aliphatic heterocycles. The van der Waals surface area contributed by atoms with Crippen LogP contribution in [0.1, 0.15) is 0 Å². The summed E-state index contributed by atoms with van der Waals surface area (Å²) in [4.78, 5) is 17.0. The Hall–Kier alpha value is -4.04. The predicted molar refractivity (Wildman–Crippen MR) is 122 cm³/mol. The summed E-state index contributed by atoms with van der Waals surface area (Å²) in [5.74, 6) is 0.691. The zero-order valence-corrected chi connectivity index (χ0v) is 17.3. The van der Waals surface area contributed by atoms with Crippen LogP contribution in [0.3, 0.4) is 0 Å². The topological polar surface area (TPSA) is 92.4 Å². The largest absolute Gasteiger partial charge is 0.495 e. The molecule has 0 atom stereocenters. The summed E-state index contributed by atoms with van der Waals surface area (Å²) in [5, 5.41) is 12.9. The van der Waals surface area contributed by atoms with Crippen molar-refractivity contribution in [3.05, 3.63) is 65.9 Å². The van der Waals surface area contributed by atoms with Crippen LogP contribution in [0.2, 0.25) is 0 Å². The van der Waals surface area contributed by atoms with E-state index in [4.69, 9.17) is 9.72 Å². The summed E-state index contributed by atoms with van der Waals surface area (Å²) in [6.45, 7) is 0. The summed E-state index contributed by atoms with van der Waals surface area (Å²) in [6, 6.07) is 10.1. The second-order valence-electron chi connectivity index (χ2n) is 7.12. The lowest BCUT2D eigenvalue weighted by Crippen LogP contribution is -1.89. The Morgan fingerprint density at radius 1 is 0.935 bits per heavy atom. The van der Waals surface area contributed by atoms with E-state index in [1.165, 1.54) is 0 Å². The number of fused-ring (bicyclic) bond motifs is 2. The number of nitrogens with zero attached hydrogens (tertiary/aromatic N) is 4. The molecule has 0 aliphatic rings. The molecule has 6 aromatic rings. The highest BCUT2D eigenvalue weighted by molar-refractivity contribution is 7.08. The maximum absolute atomic E-state index is 5.30. The molecule has 0 unspecified atom stereocenters. The first-order chi connectivity index (χ1) is 15.3. The molecule has 2 N–H and O–H groups in total. The Bertz CT molecular complexity index is 1530. The molecule has 0 fully saturated rings. The minimum atomic E-state index is 0.691. The molecule has 31 heavy (non-hydrogen) atoms. The lowest BCUT2D eigenvalue weighted by Gasteiger charge is -2.04. The van der Waals surface area contributed by atoms with Gasteiger partial charge in [-0.2, -0.15) is 16.4 Å². The molecule has 0 amide bonds. The van der Waals surface area contributed by atoms with E-state index in [1.807, 2.05) is 30.6 Å². The van der Waals surface area contributed by atoms with Gasteiger partial charge >= 0.3 is 0 Å². The zero-order valence-electron chi connectivity index (χ0n) is 16.5. The maximum Gasteiger partial charge on any atom is 0.137 e. The van der Waals surface area contributed by atoms with Crippen LogP contribution in [0.25, 0.3) is 55.7 Å². The Kier molecular flexibility index (Phi) is 4.03. The van der Waals surface area contributed by atoms with Crippen LogP contribution >= 0.6 is 11.3 Å². The van der Waals surface area contributed by atoms with Crippen molar-refractivity contribution in [3.63, 3.8) is 0 Å². The van der Waals surface area contributed by atoms with Gasteiger partial charge in [0.25, 0.3) is 0 Å². The molecule has 6 heterocycles. The average molecular weight is 424 g/mol. The number of aromatic amines is 2. The third-order valence-electron chi connectivity index (χ3n) is 5.29. The molecule has 7 nitrogen and oxygen atoms in total. The number of aromatic nitrogens is 6. The van der Waals surface area contributed by atoms with Gasteiger partial charge in [0.05, 0.1) is 41.9 Å². The van der Waals surface area contributed by atoms with E-state index in [0.717, 1.165) is 55.7 Å². The van der Waals surface area contributed by atoms with Gasteiger partial charge in [0.2, 0.25) is 0 Å². The van der Waals surface area contributed by atoms with E-state index in [-0.39, 0.29) is 0 Å². The molecule has 0 aliphatic carbocycles. The number of methoxy groups -OCH3 is 1. The number of hydrogen-bond acceptors (Lipinski definition) is 6. The van der Waals surface area contributed by atoms with E-state index >= 15 is 0 Å². The highest BCUT2D eigenvalue weighted by Gasteiger charge is 2.16. The summed E-state index contributed by atoms with van der Waals surface area (Å²) in [5.41, 5.74) is 8.21. The van der Waals surface area contributed by atoms with Crippen molar-refractivity contribution in [2.75, 3.05) is 7.11 Å². The van der Waals surface area contributed by atoms with Crippen LogP contribution in [0.5, 0.6) is 5.75 Å². The van der Waals surface area contributed by atoms with Gasteiger partial charge in [-0.3, -0.25) is 15.1 Å². The smallest absolute Gasteiger partial charge is 0.137 e. The first-order valence-corrected chi connectivity index (χ1v) is 10.6. The lowest BCUT2D eigenvalue weighted by molar-refractivity contribution is 0.413. The van der Waals surface area contributed by atoms with Gasteiger partial charge in [-0.1, -0.05) is 0 Å². The minimum absolute atomic E-state index is 0.691. The lowest BCUT2D eigenvalue weighted by atomic mass is 10.1. The molecule has 0 bridgehead atoms. The van der Waals surface area contributed by atoms with Gasteiger partial charge in [0.15, 0.2) is 0 Å². The average Bonchev–Trinajstić information content (AvgIpc) is 3.57. The molecule has 0 saturated heterocycles. The molecule has 6 aromatic heterocycles. The van der Waals surface area contributed by atoms with E-state index in [2.05, 4.69) is 48.0 Å². The second kappa shape index (κ2) is 7.03. The van der Waals surface area contributed by atoms with E-state index in [1.54, 1.807) is 30.8 Å². The third kappa shape index (κ3) is 2.96. The van der Waals surface area contributed by atoms with E-state index in [0.29, 0.717) is 5.75 Å². The summed E-state index contributed by atoms with van der Waals surface area (Å²) >= 11 is 1.67. The van der Waals surface area contributed by atoms with Crippen LogP contribution < -0.4 is 4.74 Å². The van der Waals surface area contributed by atoms with Gasteiger partial charge in [0.1, 0.15) is 17.0 Å². The van der Waals surface area contributed by atoms with Gasteiger partial charge < -0.3 is 9.72 Å². The quantitative estimate of drug-likeness (QED) is 0.401. The highest BCUT2D eigenvalue weighted by Crippen LogP contribution is 2.34. The van der Waals surface area contributed by atoms with Crippen molar-refractivity contribution in [1.29, 1.82) is 0 Å². The molecule has 8 heteroatoms. The zero-order chi connectivity index (χ0) is 20.8. The Balaban J connectivity index is 1.50. The molecular formula is C23H16N6OS. The highest BCUT2D eigenvalue weighted by atomic mass is 32.1. The van der Waals surface area contributed by atoms with Gasteiger partial charge in [-0.25, -0.2) is 4.98 Å².